The molecule has 0 radical (unpaired) electrons. The number of para-hydroxylation sites is 1. The Bertz CT molecular complexity index is 858. The predicted molar refractivity (Wildman–Crippen MR) is 87.0 cm³/mol. The van der Waals surface area contributed by atoms with Crippen LogP contribution in [0.2, 0.25) is 0 Å². The van der Waals surface area contributed by atoms with Gasteiger partial charge in [-0.2, -0.15) is 0 Å². The number of aliphatic hydroxyl groups excluding tert-OH is 1. The molecule has 0 saturated carbocycles. The van der Waals surface area contributed by atoms with E-state index in [0.29, 0.717) is 16.9 Å². The number of nitrogens with zero attached hydrogens (tertiary/aromatic N) is 1. The monoisotopic (exact) mass is 295 g/mol. The average Bonchev–Trinajstić information content (AvgIpc) is 2.53. The standard InChI is InChI=1S/C17H17N3O2/c1-11-6-2-3-7-12(11)15(21)10-18-17-19-14-9-5-4-8-13(14)16(22)20-17/h2-9,15,21H,10H2,1H3,(H2,18,19,20,22). The second-order valence-corrected chi connectivity index (χ2v) is 5.18. The van der Waals surface area contributed by atoms with Crippen LogP contribution in [0.15, 0.2) is 53.3 Å². The number of aliphatic hydroxyl groups is 1. The summed E-state index contributed by atoms with van der Waals surface area (Å²) in [6.07, 6.45) is -0.669. The van der Waals surface area contributed by atoms with Crippen LogP contribution in [0.1, 0.15) is 17.2 Å². The maximum Gasteiger partial charge on any atom is 0.260 e. The van der Waals surface area contributed by atoms with Gasteiger partial charge < -0.3 is 10.4 Å². The van der Waals surface area contributed by atoms with E-state index in [4.69, 9.17) is 0 Å². The van der Waals surface area contributed by atoms with Gasteiger partial charge in [0.15, 0.2) is 0 Å². The topological polar surface area (TPSA) is 78.0 Å². The van der Waals surface area contributed by atoms with Crippen LogP contribution < -0.4 is 10.9 Å². The van der Waals surface area contributed by atoms with Gasteiger partial charge in [-0.25, -0.2) is 4.98 Å². The minimum Gasteiger partial charge on any atom is -0.387 e. The first-order valence-electron chi connectivity index (χ1n) is 7.11. The number of anilines is 1. The fourth-order valence-electron chi connectivity index (χ4n) is 2.43. The molecule has 0 bridgehead atoms. The van der Waals surface area contributed by atoms with Gasteiger partial charge >= 0.3 is 0 Å². The van der Waals surface area contributed by atoms with Gasteiger partial charge in [0.05, 0.1) is 17.0 Å². The lowest BCUT2D eigenvalue weighted by atomic mass is 10.0. The Morgan fingerprint density at radius 3 is 2.73 bits per heavy atom. The summed E-state index contributed by atoms with van der Waals surface area (Å²) in [4.78, 5) is 19.0. The first kappa shape index (κ1) is 14.3. The first-order chi connectivity index (χ1) is 10.6. The number of hydrogen-bond donors (Lipinski definition) is 3. The Morgan fingerprint density at radius 1 is 1.18 bits per heavy atom. The van der Waals surface area contributed by atoms with Crippen LogP contribution in [0.5, 0.6) is 0 Å². The quantitative estimate of drug-likeness (QED) is 0.690. The zero-order chi connectivity index (χ0) is 15.5. The molecule has 3 aromatic rings. The number of aromatic amines is 1. The fraction of sp³-hybridized carbons (Fsp3) is 0.176. The largest absolute Gasteiger partial charge is 0.387 e. The molecule has 1 atom stereocenters. The van der Waals surface area contributed by atoms with Crippen LogP contribution >= 0.6 is 0 Å². The van der Waals surface area contributed by atoms with Gasteiger partial charge in [-0.05, 0) is 30.2 Å². The molecule has 0 aliphatic heterocycles. The van der Waals surface area contributed by atoms with E-state index >= 15 is 0 Å². The molecular weight excluding hydrogens is 278 g/mol. The molecule has 1 aromatic heterocycles. The number of hydrogen-bond acceptors (Lipinski definition) is 4. The van der Waals surface area contributed by atoms with E-state index in [2.05, 4.69) is 15.3 Å². The molecule has 22 heavy (non-hydrogen) atoms. The third kappa shape index (κ3) is 2.84. The lowest BCUT2D eigenvalue weighted by Gasteiger charge is -2.14. The predicted octanol–water partition coefficient (Wildman–Crippen LogP) is 2.38. The summed E-state index contributed by atoms with van der Waals surface area (Å²) in [6, 6.07) is 14.8. The Balaban J connectivity index is 1.79. The molecule has 0 aliphatic carbocycles. The van der Waals surface area contributed by atoms with E-state index in [1.54, 1.807) is 18.2 Å². The Labute approximate surface area is 127 Å². The second-order valence-electron chi connectivity index (χ2n) is 5.18. The third-order valence-corrected chi connectivity index (χ3v) is 3.62. The van der Waals surface area contributed by atoms with E-state index in [1.165, 1.54) is 0 Å². The Morgan fingerprint density at radius 2 is 1.91 bits per heavy atom. The number of aromatic nitrogens is 2. The molecular formula is C17H17N3O2. The number of H-pyrrole nitrogens is 1. The second kappa shape index (κ2) is 5.99. The number of fused-ring (bicyclic) bond motifs is 1. The van der Waals surface area contributed by atoms with Crippen molar-refractivity contribution < 1.29 is 5.11 Å². The number of aryl methyl sites for hydroxylation is 1. The lowest BCUT2D eigenvalue weighted by Crippen LogP contribution is -2.18. The van der Waals surface area contributed by atoms with E-state index in [-0.39, 0.29) is 12.1 Å². The summed E-state index contributed by atoms with van der Waals surface area (Å²) < 4.78 is 0. The smallest absolute Gasteiger partial charge is 0.260 e. The maximum atomic E-state index is 12.0. The van der Waals surface area contributed by atoms with Gasteiger partial charge in [0.2, 0.25) is 5.95 Å². The molecule has 2 aromatic carbocycles. The minimum atomic E-state index is -0.669. The van der Waals surface area contributed by atoms with Crippen LogP contribution in [-0.2, 0) is 0 Å². The van der Waals surface area contributed by atoms with Crippen LogP contribution in [0.4, 0.5) is 5.95 Å². The minimum absolute atomic E-state index is 0.196. The van der Waals surface area contributed by atoms with Crippen LogP contribution in [-0.4, -0.2) is 21.6 Å². The highest BCUT2D eigenvalue weighted by Gasteiger charge is 2.10. The maximum absolute atomic E-state index is 12.0. The third-order valence-electron chi connectivity index (χ3n) is 3.62. The van der Waals surface area contributed by atoms with Crippen molar-refractivity contribution in [1.82, 2.24) is 9.97 Å². The van der Waals surface area contributed by atoms with Gasteiger partial charge in [0, 0.05) is 6.54 Å². The fourth-order valence-corrected chi connectivity index (χ4v) is 2.43. The number of benzene rings is 2. The van der Waals surface area contributed by atoms with Crippen molar-refractivity contribution in [1.29, 1.82) is 0 Å². The van der Waals surface area contributed by atoms with Crippen molar-refractivity contribution >= 4 is 16.9 Å². The van der Waals surface area contributed by atoms with Crippen LogP contribution in [0.25, 0.3) is 10.9 Å². The SMILES string of the molecule is Cc1ccccc1C(O)CNc1nc2ccccc2c(=O)[nH]1. The van der Waals surface area contributed by atoms with E-state index in [1.807, 2.05) is 37.3 Å². The zero-order valence-electron chi connectivity index (χ0n) is 12.2. The zero-order valence-corrected chi connectivity index (χ0v) is 12.2. The molecule has 112 valence electrons. The first-order valence-corrected chi connectivity index (χ1v) is 7.11. The summed E-state index contributed by atoms with van der Waals surface area (Å²) in [5.41, 5.74) is 2.31. The molecule has 3 N–H and O–H groups in total. The molecule has 1 unspecified atom stereocenters. The molecule has 3 rings (SSSR count). The normalized spacial score (nSPS) is 12.3. The summed E-state index contributed by atoms with van der Waals surface area (Å²) in [5, 5.41) is 13.8. The van der Waals surface area contributed by atoms with Crippen LogP contribution in [0.3, 0.4) is 0 Å². The van der Waals surface area contributed by atoms with Gasteiger partial charge in [0.25, 0.3) is 5.56 Å². The van der Waals surface area contributed by atoms with Gasteiger partial charge in [0.1, 0.15) is 0 Å². The molecule has 0 saturated heterocycles. The Hall–Kier alpha value is -2.66. The average molecular weight is 295 g/mol. The number of rotatable bonds is 4. The van der Waals surface area contributed by atoms with E-state index in [9.17, 15) is 9.90 Å². The van der Waals surface area contributed by atoms with Gasteiger partial charge in [-0.3, -0.25) is 9.78 Å². The van der Waals surface area contributed by atoms with Crippen LogP contribution in [0, 0.1) is 6.92 Å². The Kier molecular flexibility index (Phi) is 3.89. The van der Waals surface area contributed by atoms with Crippen molar-refractivity contribution in [3.8, 4) is 0 Å². The highest BCUT2D eigenvalue weighted by Crippen LogP contribution is 2.17. The summed E-state index contributed by atoms with van der Waals surface area (Å²) in [7, 11) is 0. The van der Waals surface area contributed by atoms with Gasteiger partial charge in [-0.1, -0.05) is 36.4 Å². The lowest BCUT2D eigenvalue weighted by molar-refractivity contribution is 0.190. The van der Waals surface area contributed by atoms with Gasteiger partial charge in [-0.15, -0.1) is 0 Å². The molecule has 1 heterocycles. The van der Waals surface area contributed by atoms with E-state index in [0.717, 1.165) is 11.1 Å². The molecule has 0 fully saturated rings. The van der Waals surface area contributed by atoms with Crippen molar-refractivity contribution in [2.45, 2.75) is 13.0 Å². The van der Waals surface area contributed by atoms with Crippen molar-refractivity contribution in [2.75, 3.05) is 11.9 Å². The van der Waals surface area contributed by atoms with Crippen molar-refractivity contribution in [3.05, 3.63) is 70.0 Å². The van der Waals surface area contributed by atoms with Crippen molar-refractivity contribution in [2.24, 2.45) is 0 Å². The highest BCUT2D eigenvalue weighted by molar-refractivity contribution is 5.78. The molecule has 0 spiro atoms. The molecule has 5 heteroatoms. The van der Waals surface area contributed by atoms with E-state index < -0.39 is 6.10 Å². The summed E-state index contributed by atoms with van der Waals surface area (Å²) >= 11 is 0. The molecule has 0 aliphatic rings. The summed E-state index contributed by atoms with van der Waals surface area (Å²) in [5.74, 6) is 0.358. The molecule has 5 nitrogen and oxygen atoms in total. The summed E-state index contributed by atoms with van der Waals surface area (Å²) in [6.45, 7) is 2.22. The number of nitrogens with one attached hydrogen (secondary N) is 2. The van der Waals surface area contributed by atoms with Crippen molar-refractivity contribution in [3.63, 3.8) is 0 Å². The highest BCUT2D eigenvalue weighted by atomic mass is 16.3. The molecule has 0 amide bonds.